The van der Waals surface area contributed by atoms with E-state index in [4.69, 9.17) is 5.73 Å². The van der Waals surface area contributed by atoms with Crippen LogP contribution in [-0.4, -0.2) is 24.1 Å². The van der Waals surface area contributed by atoms with Gasteiger partial charge >= 0.3 is 0 Å². The van der Waals surface area contributed by atoms with Crippen LogP contribution in [0.1, 0.15) is 13.8 Å². The molecule has 2 rings (SSSR count). The van der Waals surface area contributed by atoms with Crippen LogP contribution in [0.25, 0.3) is 0 Å². The molecule has 1 aromatic rings. The summed E-state index contributed by atoms with van der Waals surface area (Å²) in [5.74, 6) is -0.188. The number of anilines is 2. The average molecular weight is 241 g/mol. The zero-order valence-electron chi connectivity index (χ0n) is 8.84. The number of aromatic nitrogens is 1. The third kappa shape index (κ3) is 1.15. The number of hydrogen-bond donors (Lipinski definition) is 1. The highest BCUT2D eigenvalue weighted by Gasteiger charge is 2.60. The van der Waals surface area contributed by atoms with Gasteiger partial charge in [0.05, 0.1) is 11.9 Å². The summed E-state index contributed by atoms with van der Waals surface area (Å²) in [4.78, 5) is 15.4. The van der Waals surface area contributed by atoms with Gasteiger partial charge in [-0.3, -0.25) is 4.79 Å². The molecule has 6 nitrogen and oxygen atoms in total. The second kappa shape index (κ2) is 2.94. The Labute approximate surface area is 93.1 Å². The van der Waals surface area contributed by atoms with Crippen molar-refractivity contribution in [1.82, 2.24) is 4.98 Å². The molecule has 2 N–H and O–H groups in total. The van der Waals surface area contributed by atoms with Gasteiger partial charge in [-0.25, -0.2) is 17.7 Å². The van der Waals surface area contributed by atoms with Crippen molar-refractivity contribution in [2.24, 2.45) is 0 Å². The Bertz CT molecular complexity index is 548. The molecule has 0 aromatic carbocycles. The molecule has 0 aliphatic carbocycles. The van der Waals surface area contributed by atoms with Crippen LogP contribution in [0.4, 0.5) is 11.5 Å². The van der Waals surface area contributed by atoms with Crippen LogP contribution in [0.2, 0.25) is 0 Å². The van der Waals surface area contributed by atoms with Crippen LogP contribution in [0, 0.1) is 0 Å². The van der Waals surface area contributed by atoms with Gasteiger partial charge in [0.25, 0.3) is 15.9 Å². The van der Waals surface area contributed by atoms with Crippen molar-refractivity contribution in [3.63, 3.8) is 0 Å². The van der Waals surface area contributed by atoms with E-state index in [2.05, 4.69) is 4.98 Å². The van der Waals surface area contributed by atoms with Crippen molar-refractivity contribution < 1.29 is 13.2 Å². The standard InChI is InChI=1S/C9H11N3O3S/c1-9(2)8(13)12(16(9,14)15)6-3-4-7(10)11-5-6/h3-5H,1-2H3,(H2,10,11). The van der Waals surface area contributed by atoms with Gasteiger partial charge < -0.3 is 5.73 Å². The first-order chi connectivity index (χ1) is 7.28. The highest BCUT2D eigenvalue weighted by Crippen LogP contribution is 2.38. The topological polar surface area (TPSA) is 93.4 Å². The highest BCUT2D eigenvalue weighted by molar-refractivity contribution is 7.98. The number of amides is 1. The van der Waals surface area contributed by atoms with Crippen LogP contribution in [0.5, 0.6) is 0 Å². The molecule has 1 aliphatic heterocycles. The fraction of sp³-hybridized carbons (Fsp3) is 0.333. The van der Waals surface area contributed by atoms with Gasteiger partial charge in [0.2, 0.25) is 0 Å². The molecule has 1 aromatic heterocycles. The number of nitrogens with two attached hydrogens (primary N) is 1. The molecule has 1 aliphatic rings. The summed E-state index contributed by atoms with van der Waals surface area (Å²) in [5, 5.41) is 0. The Morgan fingerprint density at radius 2 is 2.00 bits per heavy atom. The van der Waals surface area contributed by atoms with E-state index in [-0.39, 0.29) is 11.5 Å². The predicted molar refractivity (Wildman–Crippen MR) is 59.1 cm³/mol. The lowest BCUT2D eigenvalue weighted by atomic mass is 10.2. The summed E-state index contributed by atoms with van der Waals surface area (Å²) in [6, 6.07) is 2.90. The van der Waals surface area contributed by atoms with Crippen molar-refractivity contribution in [3.8, 4) is 0 Å². The number of nitrogens with zero attached hydrogens (tertiary/aromatic N) is 2. The molecule has 0 unspecified atom stereocenters. The quantitative estimate of drug-likeness (QED) is 0.753. The summed E-state index contributed by atoms with van der Waals surface area (Å²) in [5.41, 5.74) is 5.60. The van der Waals surface area contributed by atoms with E-state index in [1.165, 1.54) is 32.2 Å². The summed E-state index contributed by atoms with van der Waals surface area (Å²) in [7, 11) is -3.61. The molecule has 86 valence electrons. The third-order valence-corrected chi connectivity index (χ3v) is 4.91. The summed E-state index contributed by atoms with van der Waals surface area (Å²) < 4.78 is 23.0. The molecule has 0 radical (unpaired) electrons. The molecule has 1 amide bonds. The Balaban J connectivity index is 2.46. The summed E-state index contributed by atoms with van der Waals surface area (Å²) in [6.45, 7) is 2.76. The number of hydrogen-bond acceptors (Lipinski definition) is 5. The van der Waals surface area contributed by atoms with Crippen molar-refractivity contribution >= 4 is 27.4 Å². The second-order valence-corrected chi connectivity index (χ2v) is 6.36. The van der Waals surface area contributed by atoms with E-state index >= 15 is 0 Å². The molecule has 16 heavy (non-hydrogen) atoms. The Hall–Kier alpha value is -1.63. The first-order valence-electron chi connectivity index (χ1n) is 4.59. The Kier molecular flexibility index (Phi) is 2.00. The highest BCUT2D eigenvalue weighted by atomic mass is 32.2. The van der Waals surface area contributed by atoms with Crippen LogP contribution in [-0.2, 0) is 14.8 Å². The normalized spacial score (nSPS) is 21.6. The maximum Gasteiger partial charge on any atom is 0.263 e. The van der Waals surface area contributed by atoms with Gasteiger partial charge in [-0.1, -0.05) is 0 Å². The zero-order chi connectivity index (χ0) is 12.1. The van der Waals surface area contributed by atoms with Crippen molar-refractivity contribution in [2.75, 3.05) is 10.0 Å². The van der Waals surface area contributed by atoms with Crippen LogP contribution in [0.15, 0.2) is 18.3 Å². The van der Waals surface area contributed by atoms with Gasteiger partial charge in [-0.05, 0) is 26.0 Å². The van der Waals surface area contributed by atoms with E-state index in [9.17, 15) is 13.2 Å². The molecule has 2 heterocycles. The molecule has 0 saturated carbocycles. The van der Waals surface area contributed by atoms with E-state index < -0.39 is 20.7 Å². The number of rotatable bonds is 1. The summed E-state index contributed by atoms with van der Waals surface area (Å²) >= 11 is 0. The van der Waals surface area contributed by atoms with Gasteiger partial charge in [0.15, 0.2) is 4.75 Å². The van der Waals surface area contributed by atoms with E-state index in [1.54, 1.807) is 0 Å². The van der Waals surface area contributed by atoms with Crippen LogP contribution >= 0.6 is 0 Å². The van der Waals surface area contributed by atoms with E-state index in [0.29, 0.717) is 0 Å². The molecular formula is C9H11N3O3S. The predicted octanol–water partition coefficient (Wildman–Crippen LogP) is 0.119. The smallest absolute Gasteiger partial charge is 0.263 e. The molecule has 1 saturated heterocycles. The van der Waals surface area contributed by atoms with Crippen LogP contribution in [0.3, 0.4) is 0 Å². The Morgan fingerprint density at radius 3 is 2.44 bits per heavy atom. The zero-order valence-corrected chi connectivity index (χ0v) is 9.65. The van der Waals surface area contributed by atoms with E-state index in [1.807, 2.05) is 0 Å². The third-order valence-electron chi connectivity index (χ3n) is 2.59. The lowest BCUT2D eigenvalue weighted by Crippen LogP contribution is -2.67. The lowest BCUT2D eigenvalue weighted by Gasteiger charge is -2.42. The number of carbonyl (C=O) groups excluding carboxylic acids is 1. The maximum atomic E-state index is 11.8. The molecular weight excluding hydrogens is 230 g/mol. The van der Waals surface area contributed by atoms with Crippen molar-refractivity contribution in [1.29, 1.82) is 0 Å². The number of carbonyl (C=O) groups is 1. The minimum Gasteiger partial charge on any atom is -0.384 e. The van der Waals surface area contributed by atoms with Gasteiger partial charge in [-0.15, -0.1) is 0 Å². The second-order valence-electron chi connectivity index (χ2n) is 4.03. The first-order valence-corrected chi connectivity index (χ1v) is 6.03. The number of nitrogen functional groups attached to an aromatic ring is 1. The number of pyridine rings is 1. The van der Waals surface area contributed by atoms with Gasteiger partial charge in [0, 0.05) is 0 Å². The molecule has 0 atom stereocenters. The lowest BCUT2D eigenvalue weighted by molar-refractivity contribution is -0.120. The molecule has 1 fully saturated rings. The Morgan fingerprint density at radius 1 is 1.38 bits per heavy atom. The molecule has 0 bridgehead atoms. The van der Waals surface area contributed by atoms with Crippen molar-refractivity contribution in [2.45, 2.75) is 18.6 Å². The van der Waals surface area contributed by atoms with Crippen LogP contribution < -0.4 is 10.0 Å². The van der Waals surface area contributed by atoms with Crippen molar-refractivity contribution in [3.05, 3.63) is 18.3 Å². The van der Waals surface area contributed by atoms with Gasteiger partial charge in [0.1, 0.15) is 5.82 Å². The number of sulfonamides is 1. The fourth-order valence-electron chi connectivity index (χ4n) is 1.43. The largest absolute Gasteiger partial charge is 0.384 e. The fourth-order valence-corrected chi connectivity index (χ4v) is 2.90. The molecule has 0 spiro atoms. The van der Waals surface area contributed by atoms with Gasteiger partial charge in [-0.2, -0.15) is 0 Å². The minimum atomic E-state index is -3.61. The average Bonchev–Trinajstić information content (AvgIpc) is 2.20. The molecule has 7 heteroatoms. The first kappa shape index (κ1) is 10.9. The minimum absolute atomic E-state index is 0.221. The monoisotopic (exact) mass is 241 g/mol. The van der Waals surface area contributed by atoms with E-state index in [0.717, 1.165) is 4.31 Å². The SMILES string of the molecule is CC1(C)C(=O)N(c2ccc(N)nc2)S1(=O)=O. The summed E-state index contributed by atoms with van der Waals surface area (Å²) in [6.07, 6.45) is 1.26. The maximum absolute atomic E-state index is 11.8.